The smallest absolute Gasteiger partial charge is 0.171 e. The normalized spacial score (nSPS) is 12.5. The topological polar surface area (TPSA) is 0 Å². The highest BCUT2D eigenvalue weighted by molar-refractivity contribution is 7.57. The molecule has 0 rings (SSSR count). The van der Waals surface area contributed by atoms with Crippen LogP contribution in [-0.2, 0) is 0 Å². The van der Waals surface area contributed by atoms with E-state index >= 15 is 0 Å². The minimum Gasteiger partial charge on any atom is -0.171 e. The fourth-order valence-corrected chi connectivity index (χ4v) is 2.47. The minimum absolute atomic E-state index is 0.341. The maximum Gasteiger partial charge on any atom is 0.389 e. The van der Waals surface area contributed by atoms with Gasteiger partial charge in [-0.1, -0.05) is 13.8 Å². The van der Waals surface area contributed by atoms with Crippen LogP contribution in [0.4, 0.5) is 13.2 Å². The first kappa shape index (κ1) is 11.2. The van der Waals surface area contributed by atoms with Crippen LogP contribution in [0, 0.1) is 0 Å². The molecule has 0 spiro atoms. The maximum atomic E-state index is 11.7. The molecule has 0 aliphatic rings. The molecule has 0 aromatic heterocycles. The van der Waals surface area contributed by atoms with Gasteiger partial charge in [-0.3, -0.25) is 0 Å². The van der Waals surface area contributed by atoms with Crippen molar-refractivity contribution in [2.24, 2.45) is 0 Å². The van der Waals surface area contributed by atoms with E-state index in [1.165, 1.54) is 0 Å². The van der Waals surface area contributed by atoms with Crippen LogP contribution < -0.4 is 0 Å². The Balaban J connectivity index is 3.51. The van der Waals surface area contributed by atoms with Crippen LogP contribution in [0.25, 0.3) is 0 Å². The zero-order chi connectivity index (χ0) is 8.91. The van der Waals surface area contributed by atoms with Crippen molar-refractivity contribution in [3.63, 3.8) is 0 Å². The van der Waals surface area contributed by atoms with Gasteiger partial charge in [0.2, 0.25) is 0 Å². The van der Waals surface area contributed by atoms with E-state index in [9.17, 15) is 13.2 Å². The number of halogens is 3. The Labute approximate surface area is 66.9 Å². The molecule has 0 aliphatic carbocycles. The van der Waals surface area contributed by atoms with Gasteiger partial charge < -0.3 is 0 Å². The van der Waals surface area contributed by atoms with Crippen molar-refractivity contribution in [2.45, 2.75) is 26.4 Å². The molecule has 0 aromatic rings. The first-order chi connectivity index (χ1) is 4.99. The summed E-state index contributed by atoms with van der Waals surface area (Å²) in [4.78, 5) is 0. The van der Waals surface area contributed by atoms with Crippen molar-refractivity contribution in [3.8, 4) is 0 Å². The molecule has 0 bridgehead atoms. The van der Waals surface area contributed by atoms with E-state index in [0.29, 0.717) is 6.16 Å². The second kappa shape index (κ2) is 4.97. The molecule has 11 heavy (non-hydrogen) atoms. The molecular weight excluding hydrogens is 172 g/mol. The number of hydrogen-bond acceptors (Lipinski definition) is 0. The van der Waals surface area contributed by atoms with Crippen LogP contribution in [0.2, 0.25) is 0 Å². The summed E-state index contributed by atoms with van der Waals surface area (Å²) in [6.07, 6.45) is -2.36. The first-order valence-electron chi connectivity index (χ1n) is 3.78. The van der Waals surface area contributed by atoms with Crippen molar-refractivity contribution in [3.05, 3.63) is 0 Å². The summed E-state index contributed by atoms with van der Waals surface area (Å²) in [5.41, 5.74) is 0. The molecule has 0 amide bonds. The van der Waals surface area contributed by atoms with Gasteiger partial charge in [0.1, 0.15) is 0 Å². The molecule has 0 unspecified atom stereocenters. The van der Waals surface area contributed by atoms with Crippen LogP contribution in [0.5, 0.6) is 0 Å². The van der Waals surface area contributed by atoms with E-state index < -0.39 is 12.6 Å². The summed E-state index contributed by atoms with van der Waals surface area (Å²) in [6, 6.07) is 0. The standard InChI is InChI=1S/C7H14F3P/c1-3-11(4-2)6-5-7(8,9)10/h3-6H2,1-2H3. The summed E-state index contributed by atoms with van der Waals surface area (Å²) < 4.78 is 35.1. The average molecular weight is 186 g/mol. The van der Waals surface area contributed by atoms with Crippen molar-refractivity contribution in [1.82, 2.24) is 0 Å². The molecule has 0 radical (unpaired) electrons. The second-order valence-corrected chi connectivity index (χ2v) is 5.45. The Morgan fingerprint density at radius 2 is 1.55 bits per heavy atom. The molecule has 68 valence electrons. The Morgan fingerprint density at radius 3 is 1.82 bits per heavy atom. The average Bonchev–Trinajstić information content (AvgIpc) is 1.88. The minimum atomic E-state index is -3.95. The molecular formula is C7H14F3P. The van der Waals surface area contributed by atoms with Crippen LogP contribution in [0.15, 0.2) is 0 Å². The van der Waals surface area contributed by atoms with Crippen molar-refractivity contribution in [2.75, 3.05) is 18.5 Å². The third-order valence-corrected chi connectivity index (χ3v) is 4.25. The fourth-order valence-electron chi connectivity index (χ4n) is 0.825. The van der Waals surface area contributed by atoms with Gasteiger partial charge in [-0.2, -0.15) is 13.2 Å². The Kier molecular flexibility index (Phi) is 5.07. The molecule has 0 aromatic carbocycles. The van der Waals surface area contributed by atoms with Gasteiger partial charge in [-0.05, 0) is 18.5 Å². The van der Waals surface area contributed by atoms with Gasteiger partial charge in [0.25, 0.3) is 0 Å². The molecule has 0 heterocycles. The van der Waals surface area contributed by atoms with Crippen LogP contribution >= 0.6 is 7.92 Å². The molecule has 0 fully saturated rings. The Bertz CT molecular complexity index is 96.3. The van der Waals surface area contributed by atoms with E-state index in [2.05, 4.69) is 0 Å². The molecule has 0 saturated heterocycles. The fraction of sp³-hybridized carbons (Fsp3) is 1.00. The SMILES string of the molecule is CCP(CC)CCC(F)(F)F. The molecule has 4 heteroatoms. The van der Waals surface area contributed by atoms with Gasteiger partial charge >= 0.3 is 6.18 Å². The van der Waals surface area contributed by atoms with Crippen LogP contribution in [-0.4, -0.2) is 24.7 Å². The predicted octanol–water partition coefficient (Wildman–Crippen LogP) is 3.46. The monoisotopic (exact) mass is 186 g/mol. The Hall–Kier alpha value is 0.220. The molecule has 0 saturated carbocycles. The van der Waals surface area contributed by atoms with Crippen molar-refractivity contribution in [1.29, 1.82) is 0 Å². The van der Waals surface area contributed by atoms with E-state index in [4.69, 9.17) is 0 Å². The second-order valence-electron chi connectivity index (χ2n) is 2.39. The van der Waals surface area contributed by atoms with Gasteiger partial charge in [0, 0.05) is 6.42 Å². The van der Waals surface area contributed by atoms with Gasteiger partial charge in [-0.15, -0.1) is 7.92 Å². The van der Waals surface area contributed by atoms with E-state index in [1.54, 1.807) is 0 Å². The Morgan fingerprint density at radius 1 is 1.09 bits per heavy atom. The summed E-state index contributed by atoms with van der Waals surface area (Å²) in [7, 11) is -0.341. The lowest BCUT2D eigenvalue weighted by Crippen LogP contribution is -2.09. The quantitative estimate of drug-likeness (QED) is 0.590. The van der Waals surface area contributed by atoms with Crippen LogP contribution in [0.1, 0.15) is 20.3 Å². The summed E-state index contributed by atoms with van der Waals surface area (Å²) in [5.74, 6) is 0. The summed E-state index contributed by atoms with van der Waals surface area (Å²) >= 11 is 0. The van der Waals surface area contributed by atoms with Gasteiger partial charge in [0.05, 0.1) is 0 Å². The molecule has 0 nitrogen and oxygen atoms in total. The lowest BCUT2D eigenvalue weighted by Gasteiger charge is -2.13. The van der Waals surface area contributed by atoms with Gasteiger partial charge in [-0.25, -0.2) is 0 Å². The summed E-state index contributed by atoms with van der Waals surface area (Å²) in [6.45, 7) is 3.93. The zero-order valence-corrected chi connectivity index (χ0v) is 7.80. The number of alkyl halides is 3. The third-order valence-electron chi connectivity index (χ3n) is 1.61. The van der Waals surface area contributed by atoms with Crippen molar-refractivity contribution < 1.29 is 13.2 Å². The van der Waals surface area contributed by atoms with Crippen LogP contribution in [0.3, 0.4) is 0 Å². The van der Waals surface area contributed by atoms with Crippen molar-refractivity contribution >= 4 is 7.92 Å². The highest BCUT2D eigenvalue weighted by atomic mass is 31.1. The highest BCUT2D eigenvalue weighted by Crippen LogP contribution is 2.37. The van der Waals surface area contributed by atoms with E-state index in [-0.39, 0.29) is 7.92 Å². The molecule has 0 N–H and O–H groups in total. The maximum absolute atomic E-state index is 11.7. The number of hydrogen-bond donors (Lipinski definition) is 0. The largest absolute Gasteiger partial charge is 0.389 e. The third kappa shape index (κ3) is 6.61. The number of rotatable bonds is 4. The lowest BCUT2D eigenvalue weighted by atomic mass is 10.5. The van der Waals surface area contributed by atoms with Gasteiger partial charge in [0.15, 0.2) is 0 Å². The van der Waals surface area contributed by atoms with E-state index in [0.717, 1.165) is 12.3 Å². The summed E-state index contributed by atoms with van der Waals surface area (Å²) in [5, 5.41) is 0. The molecule has 0 atom stereocenters. The first-order valence-corrected chi connectivity index (χ1v) is 5.68. The molecule has 0 aliphatic heterocycles. The van der Waals surface area contributed by atoms with E-state index in [1.807, 2.05) is 13.8 Å². The zero-order valence-electron chi connectivity index (χ0n) is 6.91. The lowest BCUT2D eigenvalue weighted by molar-refractivity contribution is -0.129. The predicted molar refractivity (Wildman–Crippen MR) is 43.5 cm³/mol. The highest BCUT2D eigenvalue weighted by Gasteiger charge is 2.27.